The second-order valence-electron chi connectivity index (χ2n) is 3.74. The van der Waals surface area contributed by atoms with Gasteiger partial charge in [0.1, 0.15) is 0 Å². The fourth-order valence-corrected chi connectivity index (χ4v) is 2.09. The molecule has 0 amide bonds. The third kappa shape index (κ3) is 4.21. The van der Waals surface area contributed by atoms with E-state index in [0.717, 1.165) is 35.5 Å². The molecule has 0 aliphatic rings. The van der Waals surface area contributed by atoms with Crippen LogP contribution in [0.4, 0.5) is 0 Å². The second kappa shape index (κ2) is 7.56. The summed E-state index contributed by atoms with van der Waals surface area (Å²) in [6, 6.07) is 4.08. The number of ether oxygens (including phenoxy) is 2. The molecule has 0 spiro atoms. The lowest BCUT2D eigenvalue weighted by molar-refractivity contribution is 0.292. The Morgan fingerprint density at radius 1 is 1.29 bits per heavy atom. The Labute approximate surface area is 112 Å². The van der Waals surface area contributed by atoms with Gasteiger partial charge in [-0.05, 0) is 46.6 Å². The Morgan fingerprint density at radius 3 is 2.65 bits per heavy atom. The number of hydrogen-bond donors (Lipinski definition) is 1. The van der Waals surface area contributed by atoms with Crippen molar-refractivity contribution in [2.75, 3.05) is 20.3 Å². The van der Waals surface area contributed by atoms with Crippen LogP contribution in [0.5, 0.6) is 11.5 Å². The van der Waals surface area contributed by atoms with Crippen molar-refractivity contribution in [1.82, 2.24) is 5.32 Å². The molecular formula is C13H20BrNO2. The molecule has 0 saturated heterocycles. The minimum absolute atomic E-state index is 0.696. The molecule has 0 heterocycles. The molecule has 17 heavy (non-hydrogen) atoms. The summed E-state index contributed by atoms with van der Waals surface area (Å²) in [7, 11) is 1.66. The van der Waals surface area contributed by atoms with Gasteiger partial charge in [-0.25, -0.2) is 0 Å². The number of benzene rings is 1. The Kier molecular flexibility index (Phi) is 6.37. The van der Waals surface area contributed by atoms with Gasteiger partial charge in [0.15, 0.2) is 11.5 Å². The molecule has 0 aromatic heterocycles. The summed E-state index contributed by atoms with van der Waals surface area (Å²) in [4.78, 5) is 0. The van der Waals surface area contributed by atoms with Gasteiger partial charge in [-0.3, -0.25) is 0 Å². The number of methoxy groups -OCH3 is 1. The van der Waals surface area contributed by atoms with Gasteiger partial charge >= 0.3 is 0 Å². The van der Waals surface area contributed by atoms with Crippen molar-refractivity contribution in [3.05, 3.63) is 22.2 Å². The average molecular weight is 302 g/mol. The number of hydrogen-bond acceptors (Lipinski definition) is 3. The highest BCUT2D eigenvalue weighted by atomic mass is 79.9. The topological polar surface area (TPSA) is 30.5 Å². The smallest absolute Gasteiger partial charge is 0.175 e. The maximum atomic E-state index is 5.68. The third-order valence-corrected chi connectivity index (χ3v) is 2.91. The summed E-state index contributed by atoms with van der Waals surface area (Å²) in [5.41, 5.74) is 1.18. The Bertz CT molecular complexity index is 356. The standard InChI is InChI=1S/C13H20BrNO2/c1-4-6-17-13-11(14)7-10(9-15-5-2)8-12(13)16-3/h7-8,15H,4-6,9H2,1-3H3. The molecule has 4 heteroatoms. The number of rotatable bonds is 7. The fraction of sp³-hybridized carbons (Fsp3) is 0.538. The summed E-state index contributed by atoms with van der Waals surface area (Å²) < 4.78 is 12.0. The van der Waals surface area contributed by atoms with Crippen molar-refractivity contribution >= 4 is 15.9 Å². The van der Waals surface area contributed by atoms with E-state index in [-0.39, 0.29) is 0 Å². The molecule has 1 aromatic carbocycles. The largest absolute Gasteiger partial charge is 0.493 e. The highest BCUT2D eigenvalue weighted by Gasteiger charge is 2.11. The molecular weight excluding hydrogens is 282 g/mol. The molecule has 0 aliphatic heterocycles. The van der Waals surface area contributed by atoms with Gasteiger partial charge in [0.05, 0.1) is 18.2 Å². The molecule has 0 atom stereocenters. The second-order valence-corrected chi connectivity index (χ2v) is 4.59. The normalized spacial score (nSPS) is 10.4. The minimum atomic E-state index is 0.696. The first-order chi connectivity index (χ1) is 8.22. The van der Waals surface area contributed by atoms with Crippen LogP contribution in [-0.4, -0.2) is 20.3 Å². The zero-order valence-corrected chi connectivity index (χ0v) is 12.3. The zero-order chi connectivity index (χ0) is 12.7. The van der Waals surface area contributed by atoms with Crippen molar-refractivity contribution < 1.29 is 9.47 Å². The number of halogens is 1. The van der Waals surface area contributed by atoms with Crippen molar-refractivity contribution in [2.24, 2.45) is 0 Å². The first-order valence-corrected chi connectivity index (χ1v) is 6.72. The summed E-state index contributed by atoms with van der Waals surface area (Å²) in [6.45, 7) is 6.65. The molecule has 1 N–H and O–H groups in total. The first kappa shape index (κ1) is 14.3. The lowest BCUT2D eigenvalue weighted by Crippen LogP contribution is -2.12. The van der Waals surface area contributed by atoms with Gasteiger partial charge in [-0.1, -0.05) is 13.8 Å². The first-order valence-electron chi connectivity index (χ1n) is 5.92. The van der Waals surface area contributed by atoms with Crippen LogP contribution in [0.15, 0.2) is 16.6 Å². The van der Waals surface area contributed by atoms with Gasteiger partial charge in [-0.15, -0.1) is 0 Å². The predicted octanol–water partition coefficient (Wildman–Crippen LogP) is 3.36. The maximum absolute atomic E-state index is 5.68. The molecule has 0 unspecified atom stereocenters. The van der Waals surface area contributed by atoms with E-state index in [2.05, 4.69) is 41.2 Å². The zero-order valence-electron chi connectivity index (χ0n) is 10.7. The van der Waals surface area contributed by atoms with Crippen LogP contribution in [0, 0.1) is 0 Å². The lowest BCUT2D eigenvalue weighted by atomic mass is 10.2. The minimum Gasteiger partial charge on any atom is -0.493 e. The predicted molar refractivity (Wildman–Crippen MR) is 73.9 cm³/mol. The monoisotopic (exact) mass is 301 g/mol. The Balaban J connectivity index is 2.90. The van der Waals surface area contributed by atoms with Gasteiger partial charge in [-0.2, -0.15) is 0 Å². The summed E-state index contributed by atoms with van der Waals surface area (Å²) in [5, 5.41) is 3.29. The van der Waals surface area contributed by atoms with Crippen molar-refractivity contribution in [3.63, 3.8) is 0 Å². The SMILES string of the molecule is CCCOc1c(Br)cc(CNCC)cc1OC. The van der Waals surface area contributed by atoms with E-state index in [4.69, 9.17) is 9.47 Å². The van der Waals surface area contributed by atoms with Gasteiger partial charge in [0, 0.05) is 6.54 Å². The Hall–Kier alpha value is -0.740. The van der Waals surface area contributed by atoms with Crippen molar-refractivity contribution in [2.45, 2.75) is 26.8 Å². The summed E-state index contributed by atoms with van der Waals surface area (Å²) in [5.74, 6) is 1.57. The molecule has 1 aromatic rings. The van der Waals surface area contributed by atoms with Crippen LogP contribution in [0.1, 0.15) is 25.8 Å². The molecule has 0 radical (unpaired) electrons. The highest BCUT2D eigenvalue weighted by molar-refractivity contribution is 9.10. The van der Waals surface area contributed by atoms with E-state index in [1.807, 2.05) is 6.07 Å². The quantitative estimate of drug-likeness (QED) is 0.838. The van der Waals surface area contributed by atoms with Crippen LogP contribution < -0.4 is 14.8 Å². The van der Waals surface area contributed by atoms with E-state index < -0.39 is 0 Å². The van der Waals surface area contributed by atoms with Crippen LogP contribution in [0.25, 0.3) is 0 Å². The van der Waals surface area contributed by atoms with Crippen molar-refractivity contribution in [3.8, 4) is 11.5 Å². The average Bonchev–Trinajstić information content (AvgIpc) is 2.34. The fourth-order valence-electron chi connectivity index (χ4n) is 1.49. The molecule has 3 nitrogen and oxygen atoms in total. The van der Waals surface area contributed by atoms with Crippen molar-refractivity contribution in [1.29, 1.82) is 0 Å². The molecule has 1 rings (SSSR count). The van der Waals surface area contributed by atoms with E-state index in [1.54, 1.807) is 7.11 Å². The lowest BCUT2D eigenvalue weighted by Gasteiger charge is -2.14. The summed E-state index contributed by atoms with van der Waals surface area (Å²) >= 11 is 3.53. The van der Waals surface area contributed by atoms with E-state index in [0.29, 0.717) is 6.61 Å². The maximum Gasteiger partial charge on any atom is 0.175 e. The van der Waals surface area contributed by atoms with Gasteiger partial charge in [0.25, 0.3) is 0 Å². The van der Waals surface area contributed by atoms with Gasteiger partial charge < -0.3 is 14.8 Å². The highest BCUT2D eigenvalue weighted by Crippen LogP contribution is 2.36. The molecule has 0 bridgehead atoms. The van der Waals surface area contributed by atoms with Crippen LogP contribution in [0.2, 0.25) is 0 Å². The molecule has 96 valence electrons. The van der Waals surface area contributed by atoms with Crippen LogP contribution in [0.3, 0.4) is 0 Å². The Morgan fingerprint density at radius 2 is 2.06 bits per heavy atom. The van der Waals surface area contributed by atoms with Crippen LogP contribution in [-0.2, 0) is 6.54 Å². The molecule has 0 saturated carbocycles. The molecule has 0 fully saturated rings. The van der Waals surface area contributed by atoms with E-state index in [9.17, 15) is 0 Å². The third-order valence-electron chi connectivity index (χ3n) is 2.32. The van der Waals surface area contributed by atoms with E-state index in [1.165, 1.54) is 5.56 Å². The number of nitrogens with one attached hydrogen (secondary N) is 1. The van der Waals surface area contributed by atoms with E-state index >= 15 is 0 Å². The van der Waals surface area contributed by atoms with Crippen LogP contribution >= 0.6 is 15.9 Å². The van der Waals surface area contributed by atoms with Gasteiger partial charge in [0.2, 0.25) is 0 Å². The molecule has 0 aliphatic carbocycles. The summed E-state index contributed by atoms with van der Waals surface area (Å²) in [6.07, 6.45) is 0.981.